The molecule has 9 nitrogen and oxygen atoms in total. The fourth-order valence-electron chi connectivity index (χ4n) is 4.23. The van der Waals surface area contributed by atoms with E-state index >= 15 is 0 Å². The average molecular weight is 492 g/mol. The van der Waals surface area contributed by atoms with Crippen molar-refractivity contribution in [3.05, 3.63) is 54.4 Å². The normalized spacial score (nSPS) is 16.7. The Morgan fingerprint density at radius 2 is 2.11 bits per heavy atom. The van der Waals surface area contributed by atoms with Gasteiger partial charge in [-0.05, 0) is 75.6 Å². The lowest BCUT2D eigenvalue weighted by Crippen LogP contribution is -2.31. The van der Waals surface area contributed by atoms with Gasteiger partial charge in [0.25, 0.3) is 0 Å². The molecule has 1 fully saturated rings. The molecule has 1 saturated heterocycles. The van der Waals surface area contributed by atoms with Crippen LogP contribution in [-0.4, -0.2) is 81.7 Å². The highest BCUT2D eigenvalue weighted by Crippen LogP contribution is 2.31. The highest BCUT2D eigenvalue weighted by molar-refractivity contribution is 7.99. The topological polar surface area (TPSA) is 91.4 Å². The van der Waals surface area contributed by atoms with E-state index in [9.17, 15) is 0 Å². The Balaban J connectivity index is 1.39. The van der Waals surface area contributed by atoms with E-state index in [-0.39, 0.29) is 13.2 Å². The predicted molar refractivity (Wildman–Crippen MR) is 138 cm³/mol. The molecule has 5 rings (SSSR count). The monoisotopic (exact) mass is 491 g/mol. The molecule has 4 heterocycles. The van der Waals surface area contributed by atoms with Crippen molar-refractivity contribution in [2.45, 2.75) is 29.4 Å². The maximum atomic E-state index is 8.88. The first-order valence-corrected chi connectivity index (χ1v) is 12.4. The molecule has 0 saturated carbocycles. The van der Waals surface area contributed by atoms with Gasteiger partial charge < -0.3 is 19.7 Å². The smallest absolute Gasteiger partial charge is 0.200 e. The molecule has 4 aromatic rings. The second kappa shape index (κ2) is 10.2. The molecule has 0 amide bonds. The van der Waals surface area contributed by atoms with Gasteiger partial charge in [-0.1, -0.05) is 5.16 Å². The van der Waals surface area contributed by atoms with Gasteiger partial charge in [0.1, 0.15) is 6.61 Å². The molecule has 0 spiro atoms. The van der Waals surface area contributed by atoms with Gasteiger partial charge in [-0.2, -0.15) is 0 Å². The van der Waals surface area contributed by atoms with Gasteiger partial charge in [-0.3, -0.25) is 9.38 Å². The SMILES string of the molecule is CC(=NOCCO)c1ccc2nnc(Sc3ccc4ncc(N5CC[C@H](N(C)C)C5)cc4c3)n2c1. The molecule has 1 atom stereocenters. The van der Waals surface area contributed by atoms with Crippen molar-refractivity contribution in [2.24, 2.45) is 5.16 Å². The number of oxime groups is 1. The largest absolute Gasteiger partial charge is 0.393 e. The van der Waals surface area contributed by atoms with Crippen LogP contribution in [0.3, 0.4) is 0 Å². The molecule has 1 aliphatic rings. The van der Waals surface area contributed by atoms with Crippen molar-refractivity contribution in [3.63, 3.8) is 0 Å². The van der Waals surface area contributed by atoms with Gasteiger partial charge in [-0.25, -0.2) is 0 Å². The Hall–Kier alpha value is -3.21. The first-order valence-electron chi connectivity index (χ1n) is 11.6. The summed E-state index contributed by atoms with van der Waals surface area (Å²) in [6, 6.07) is 12.9. The molecule has 1 aromatic carbocycles. The number of fused-ring (bicyclic) bond motifs is 2. The number of hydrogen-bond donors (Lipinski definition) is 1. The number of likely N-dealkylation sites (N-methyl/N-ethyl adjacent to an activating group) is 1. The molecule has 1 N–H and O–H groups in total. The lowest BCUT2D eigenvalue weighted by atomic mass is 10.2. The Kier molecular flexibility index (Phi) is 6.85. The van der Waals surface area contributed by atoms with Crippen LogP contribution in [0.1, 0.15) is 18.9 Å². The average Bonchev–Trinajstić information content (AvgIpc) is 3.51. The number of aliphatic hydroxyl groups excluding tert-OH is 1. The first-order chi connectivity index (χ1) is 17.0. The lowest BCUT2D eigenvalue weighted by molar-refractivity contribution is 0.0986. The van der Waals surface area contributed by atoms with E-state index in [0.29, 0.717) is 11.8 Å². The quantitative estimate of drug-likeness (QED) is 0.228. The first kappa shape index (κ1) is 23.5. The van der Waals surface area contributed by atoms with Crippen LogP contribution < -0.4 is 4.90 Å². The summed E-state index contributed by atoms with van der Waals surface area (Å²) in [5, 5.41) is 23.5. The summed E-state index contributed by atoms with van der Waals surface area (Å²) in [5.41, 5.74) is 4.51. The van der Waals surface area contributed by atoms with Crippen LogP contribution in [0.5, 0.6) is 0 Å². The molecule has 1 aliphatic heterocycles. The molecule has 35 heavy (non-hydrogen) atoms. The third-order valence-corrected chi connectivity index (χ3v) is 7.23. The Bertz CT molecular complexity index is 1370. The van der Waals surface area contributed by atoms with E-state index in [4.69, 9.17) is 14.9 Å². The van der Waals surface area contributed by atoms with E-state index in [1.54, 1.807) is 11.8 Å². The standard InChI is InChI=1S/C25H29N7O2S/c1-17(29-34-11-10-33)18-4-7-24-27-28-25(32(24)15-18)35-22-5-6-23-19(13-22)12-21(14-26-23)31-9-8-20(16-31)30(2)3/h4-7,12-15,20,33H,8-11,16H2,1-3H3/t20-/m0/s1. The molecular formula is C25H29N7O2S. The summed E-state index contributed by atoms with van der Waals surface area (Å²) in [6.07, 6.45) is 5.10. The molecule has 10 heteroatoms. The summed E-state index contributed by atoms with van der Waals surface area (Å²) in [4.78, 5) is 15.6. The number of benzene rings is 1. The fraction of sp³-hybridized carbons (Fsp3) is 0.360. The van der Waals surface area contributed by atoms with Crippen molar-refractivity contribution in [2.75, 3.05) is 45.3 Å². The maximum absolute atomic E-state index is 8.88. The Labute approximate surface area is 208 Å². The zero-order chi connectivity index (χ0) is 24.4. The lowest BCUT2D eigenvalue weighted by Gasteiger charge is -2.21. The van der Waals surface area contributed by atoms with Crippen molar-refractivity contribution >= 4 is 39.7 Å². The van der Waals surface area contributed by atoms with Crippen LogP contribution in [-0.2, 0) is 4.84 Å². The van der Waals surface area contributed by atoms with Crippen LogP contribution in [0, 0.1) is 0 Å². The maximum Gasteiger partial charge on any atom is 0.200 e. The summed E-state index contributed by atoms with van der Waals surface area (Å²) >= 11 is 1.56. The zero-order valence-corrected chi connectivity index (χ0v) is 20.9. The molecule has 0 radical (unpaired) electrons. The van der Waals surface area contributed by atoms with E-state index in [1.807, 2.05) is 35.9 Å². The second-order valence-electron chi connectivity index (χ2n) is 8.86. The zero-order valence-electron chi connectivity index (χ0n) is 20.1. The summed E-state index contributed by atoms with van der Waals surface area (Å²) < 4.78 is 1.95. The highest BCUT2D eigenvalue weighted by atomic mass is 32.2. The summed E-state index contributed by atoms with van der Waals surface area (Å²) in [7, 11) is 4.29. The number of hydrogen-bond acceptors (Lipinski definition) is 9. The number of pyridine rings is 2. The fourth-order valence-corrected chi connectivity index (χ4v) is 5.09. The number of nitrogens with zero attached hydrogens (tertiary/aromatic N) is 7. The van der Waals surface area contributed by atoms with Crippen LogP contribution in [0.25, 0.3) is 16.6 Å². The van der Waals surface area contributed by atoms with Crippen molar-refractivity contribution in [1.82, 2.24) is 24.5 Å². The molecule has 182 valence electrons. The van der Waals surface area contributed by atoms with Crippen LogP contribution in [0.4, 0.5) is 5.69 Å². The number of aromatic nitrogens is 4. The minimum Gasteiger partial charge on any atom is -0.393 e. The van der Waals surface area contributed by atoms with Crippen molar-refractivity contribution in [3.8, 4) is 0 Å². The molecule has 3 aromatic heterocycles. The Morgan fingerprint density at radius 3 is 2.91 bits per heavy atom. The van der Waals surface area contributed by atoms with Gasteiger partial charge in [0.15, 0.2) is 10.8 Å². The summed E-state index contributed by atoms with van der Waals surface area (Å²) in [5.74, 6) is 0. The van der Waals surface area contributed by atoms with Crippen LogP contribution in [0.2, 0.25) is 0 Å². The number of aliphatic hydroxyl groups is 1. The van der Waals surface area contributed by atoms with Crippen molar-refractivity contribution in [1.29, 1.82) is 0 Å². The van der Waals surface area contributed by atoms with Crippen LogP contribution >= 0.6 is 11.8 Å². The molecular weight excluding hydrogens is 462 g/mol. The van der Waals surface area contributed by atoms with Gasteiger partial charge in [-0.15, -0.1) is 10.2 Å². The second-order valence-corrected chi connectivity index (χ2v) is 9.90. The molecule has 0 unspecified atom stereocenters. The third-order valence-electron chi connectivity index (χ3n) is 6.28. The van der Waals surface area contributed by atoms with Gasteiger partial charge in [0.05, 0.1) is 29.7 Å². The third kappa shape index (κ3) is 5.09. The predicted octanol–water partition coefficient (Wildman–Crippen LogP) is 3.30. The molecule has 0 bridgehead atoms. The van der Waals surface area contributed by atoms with Gasteiger partial charge in [0.2, 0.25) is 0 Å². The van der Waals surface area contributed by atoms with E-state index in [2.05, 4.69) is 63.5 Å². The van der Waals surface area contributed by atoms with E-state index < -0.39 is 0 Å². The van der Waals surface area contributed by atoms with Gasteiger partial charge in [0, 0.05) is 41.2 Å². The van der Waals surface area contributed by atoms with Crippen LogP contribution in [0.15, 0.2) is 64.0 Å². The highest BCUT2D eigenvalue weighted by Gasteiger charge is 2.24. The molecule has 0 aliphatic carbocycles. The van der Waals surface area contributed by atoms with Crippen molar-refractivity contribution < 1.29 is 9.94 Å². The van der Waals surface area contributed by atoms with Gasteiger partial charge >= 0.3 is 0 Å². The summed E-state index contributed by atoms with van der Waals surface area (Å²) in [6.45, 7) is 4.03. The number of anilines is 1. The van der Waals surface area contributed by atoms with E-state index in [1.165, 1.54) is 12.1 Å². The minimum absolute atomic E-state index is 0.0700. The number of rotatable bonds is 8. The minimum atomic E-state index is -0.0700. The Morgan fingerprint density at radius 1 is 1.23 bits per heavy atom. The van der Waals surface area contributed by atoms with E-state index in [0.717, 1.165) is 45.3 Å².